The average molecular weight is 220 g/mol. The third kappa shape index (κ3) is 3.50. The molecule has 0 heterocycles. The lowest BCUT2D eigenvalue weighted by Crippen LogP contribution is -2.34. The monoisotopic (exact) mass is 220 g/mol. The van der Waals surface area contributed by atoms with Crippen molar-refractivity contribution in [1.29, 1.82) is 0 Å². The van der Waals surface area contributed by atoms with E-state index in [1.165, 1.54) is 6.07 Å². The molecule has 0 saturated heterocycles. The van der Waals surface area contributed by atoms with Crippen LogP contribution in [0.4, 0.5) is 8.78 Å². The SMILES string of the molecule is O[Si](O)(O)CCc1ccc(F)cc1F. The van der Waals surface area contributed by atoms with Gasteiger partial charge in [-0.2, -0.15) is 0 Å². The third-order valence-electron chi connectivity index (χ3n) is 1.74. The smallest absolute Gasteiger partial charge is 0.390 e. The molecule has 78 valence electrons. The molecule has 0 saturated carbocycles. The van der Waals surface area contributed by atoms with E-state index in [0.717, 1.165) is 6.07 Å². The largest absolute Gasteiger partial charge is 0.493 e. The molecule has 0 radical (unpaired) electrons. The van der Waals surface area contributed by atoms with E-state index < -0.39 is 20.4 Å². The van der Waals surface area contributed by atoms with Crippen LogP contribution in [0.15, 0.2) is 18.2 Å². The van der Waals surface area contributed by atoms with Gasteiger partial charge in [-0.15, -0.1) is 0 Å². The van der Waals surface area contributed by atoms with Crippen LogP contribution >= 0.6 is 0 Å². The second-order valence-electron chi connectivity index (χ2n) is 3.01. The first-order valence-electron chi connectivity index (χ1n) is 3.99. The van der Waals surface area contributed by atoms with Crippen LogP contribution in [-0.4, -0.2) is 23.2 Å². The van der Waals surface area contributed by atoms with Crippen LogP contribution in [0.2, 0.25) is 6.04 Å². The summed E-state index contributed by atoms with van der Waals surface area (Å²) in [4.78, 5) is 26.0. The topological polar surface area (TPSA) is 60.7 Å². The Morgan fingerprint density at radius 1 is 1.14 bits per heavy atom. The minimum atomic E-state index is -4.14. The van der Waals surface area contributed by atoms with Crippen LogP contribution in [0.25, 0.3) is 0 Å². The summed E-state index contributed by atoms with van der Waals surface area (Å²) in [5.41, 5.74) is 0.153. The zero-order valence-corrected chi connectivity index (χ0v) is 8.24. The van der Waals surface area contributed by atoms with Crippen molar-refractivity contribution in [2.24, 2.45) is 0 Å². The quantitative estimate of drug-likeness (QED) is 0.647. The Morgan fingerprint density at radius 3 is 2.29 bits per heavy atom. The summed E-state index contributed by atoms with van der Waals surface area (Å²) in [7, 11) is -4.14. The summed E-state index contributed by atoms with van der Waals surface area (Å²) in [6.45, 7) is 0. The maximum absolute atomic E-state index is 13.0. The third-order valence-corrected chi connectivity index (χ3v) is 2.67. The molecule has 14 heavy (non-hydrogen) atoms. The molecule has 1 rings (SSSR count). The minimum Gasteiger partial charge on any atom is -0.390 e. The van der Waals surface area contributed by atoms with Gasteiger partial charge in [0.15, 0.2) is 0 Å². The van der Waals surface area contributed by atoms with Gasteiger partial charge in [0.1, 0.15) is 11.6 Å². The fourth-order valence-corrected chi connectivity index (χ4v) is 1.63. The second-order valence-corrected chi connectivity index (χ2v) is 5.06. The van der Waals surface area contributed by atoms with Crippen molar-refractivity contribution in [3.05, 3.63) is 35.4 Å². The molecule has 0 fully saturated rings. The minimum absolute atomic E-state index is 0.0260. The van der Waals surface area contributed by atoms with E-state index in [2.05, 4.69) is 0 Å². The Kier molecular flexibility index (Phi) is 3.32. The van der Waals surface area contributed by atoms with Crippen molar-refractivity contribution in [3.8, 4) is 0 Å². The van der Waals surface area contributed by atoms with E-state index in [-0.39, 0.29) is 18.0 Å². The lowest BCUT2D eigenvalue weighted by atomic mass is 10.1. The summed E-state index contributed by atoms with van der Waals surface area (Å²) in [6.07, 6.45) is -0.0260. The Balaban J connectivity index is 2.68. The van der Waals surface area contributed by atoms with Crippen molar-refractivity contribution in [2.75, 3.05) is 0 Å². The van der Waals surface area contributed by atoms with Gasteiger partial charge in [0.25, 0.3) is 0 Å². The Hall–Kier alpha value is -0.823. The molecule has 0 amide bonds. The summed E-state index contributed by atoms with van der Waals surface area (Å²) in [6, 6.07) is 2.71. The van der Waals surface area contributed by atoms with E-state index in [1.807, 2.05) is 0 Å². The number of hydrogen-bond acceptors (Lipinski definition) is 3. The lowest BCUT2D eigenvalue weighted by molar-refractivity contribution is 0.227. The highest BCUT2D eigenvalue weighted by Crippen LogP contribution is 2.13. The number of halogens is 2. The predicted octanol–water partition coefficient (Wildman–Crippen LogP) is 0.423. The molecule has 0 spiro atoms. The van der Waals surface area contributed by atoms with E-state index >= 15 is 0 Å². The molecule has 1 aromatic rings. The van der Waals surface area contributed by atoms with Crippen molar-refractivity contribution < 1.29 is 23.2 Å². The standard InChI is InChI=1S/C8H10F2O3Si/c9-7-2-1-6(8(10)5-7)3-4-14(11,12)13/h1-2,5,11-13H,3-4H2. The Morgan fingerprint density at radius 2 is 1.79 bits per heavy atom. The molecule has 6 heteroatoms. The van der Waals surface area contributed by atoms with Crippen LogP contribution < -0.4 is 0 Å². The highest BCUT2D eigenvalue weighted by molar-refractivity contribution is 6.56. The van der Waals surface area contributed by atoms with Gasteiger partial charge >= 0.3 is 8.80 Å². The first-order chi connectivity index (χ1) is 6.38. The molecule has 0 aliphatic heterocycles. The van der Waals surface area contributed by atoms with Gasteiger partial charge in [-0.3, -0.25) is 0 Å². The first kappa shape index (κ1) is 11.3. The van der Waals surface area contributed by atoms with Gasteiger partial charge in [-0.05, 0) is 18.1 Å². The average Bonchev–Trinajstić information content (AvgIpc) is 2.00. The van der Waals surface area contributed by atoms with Crippen molar-refractivity contribution in [2.45, 2.75) is 12.5 Å². The summed E-state index contributed by atoms with van der Waals surface area (Å²) in [5.74, 6) is -1.44. The van der Waals surface area contributed by atoms with Crippen molar-refractivity contribution >= 4 is 8.80 Å². The fourth-order valence-electron chi connectivity index (χ4n) is 1.03. The maximum atomic E-state index is 13.0. The van der Waals surface area contributed by atoms with Gasteiger partial charge in [-0.1, -0.05) is 6.07 Å². The first-order valence-corrected chi connectivity index (χ1v) is 6.04. The van der Waals surface area contributed by atoms with Crippen molar-refractivity contribution in [1.82, 2.24) is 0 Å². The molecule has 0 aliphatic rings. The van der Waals surface area contributed by atoms with Gasteiger partial charge in [0.2, 0.25) is 0 Å². The van der Waals surface area contributed by atoms with Crippen LogP contribution in [0.5, 0.6) is 0 Å². The number of aryl methyl sites for hydroxylation is 1. The highest BCUT2D eigenvalue weighted by Gasteiger charge is 2.26. The number of rotatable bonds is 3. The van der Waals surface area contributed by atoms with Crippen LogP contribution in [-0.2, 0) is 6.42 Å². The Labute approximate surface area is 80.6 Å². The fraction of sp³-hybridized carbons (Fsp3) is 0.250. The Bertz CT molecular complexity index is 325. The molecule has 3 nitrogen and oxygen atoms in total. The van der Waals surface area contributed by atoms with Gasteiger partial charge in [-0.25, -0.2) is 8.78 Å². The van der Waals surface area contributed by atoms with Crippen LogP contribution in [0, 0.1) is 11.6 Å². The zero-order valence-electron chi connectivity index (χ0n) is 7.24. The van der Waals surface area contributed by atoms with E-state index in [9.17, 15) is 8.78 Å². The molecular formula is C8H10F2O3Si. The molecule has 1 aromatic carbocycles. The van der Waals surface area contributed by atoms with Crippen molar-refractivity contribution in [3.63, 3.8) is 0 Å². The maximum Gasteiger partial charge on any atom is 0.493 e. The van der Waals surface area contributed by atoms with Crippen LogP contribution in [0.3, 0.4) is 0 Å². The van der Waals surface area contributed by atoms with E-state index in [0.29, 0.717) is 6.07 Å². The summed E-state index contributed by atoms with van der Waals surface area (Å²) in [5, 5.41) is 0. The van der Waals surface area contributed by atoms with E-state index in [1.54, 1.807) is 0 Å². The molecule has 0 bridgehead atoms. The summed E-state index contributed by atoms with van der Waals surface area (Å²) < 4.78 is 25.4. The molecular weight excluding hydrogens is 210 g/mol. The molecule has 0 unspecified atom stereocenters. The summed E-state index contributed by atoms with van der Waals surface area (Å²) >= 11 is 0. The molecule has 0 atom stereocenters. The second kappa shape index (κ2) is 4.14. The molecule has 3 N–H and O–H groups in total. The number of benzene rings is 1. The van der Waals surface area contributed by atoms with Gasteiger partial charge in [0.05, 0.1) is 0 Å². The lowest BCUT2D eigenvalue weighted by Gasteiger charge is -2.09. The number of hydrogen-bond donors (Lipinski definition) is 3. The van der Waals surface area contributed by atoms with Gasteiger partial charge < -0.3 is 14.4 Å². The normalized spacial score (nSPS) is 11.8. The zero-order chi connectivity index (χ0) is 10.8. The molecule has 0 aromatic heterocycles. The van der Waals surface area contributed by atoms with E-state index in [4.69, 9.17) is 14.4 Å². The van der Waals surface area contributed by atoms with Gasteiger partial charge in [0, 0.05) is 12.1 Å². The predicted molar refractivity (Wildman–Crippen MR) is 47.3 cm³/mol. The van der Waals surface area contributed by atoms with Crippen LogP contribution in [0.1, 0.15) is 5.56 Å². The molecule has 0 aliphatic carbocycles. The highest BCUT2D eigenvalue weighted by atomic mass is 28.4.